The van der Waals surface area contributed by atoms with Crippen molar-refractivity contribution in [2.24, 2.45) is 0 Å². The average molecular weight is 228 g/mol. The summed E-state index contributed by atoms with van der Waals surface area (Å²) < 4.78 is 0. The average Bonchev–Trinajstić information content (AvgIpc) is 2.32. The van der Waals surface area contributed by atoms with Crippen molar-refractivity contribution in [1.82, 2.24) is 10.3 Å². The second-order valence-electron chi connectivity index (χ2n) is 3.57. The van der Waals surface area contributed by atoms with Crippen LogP contribution in [-0.2, 0) is 0 Å². The van der Waals surface area contributed by atoms with Crippen molar-refractivity contribution in [3.05, 3.63) is 60.0 Å². The Balaban J connectivity index is 2.23. The molecule has 0 bridgehead atoms. The summed E-state index contributed by atoms with van der Waals surface area (Å²) in [4.78, 5) is 14.8. The van der Waals surface area contributed by atoms with Crippen molar-refractivity contribution in [3.8, 4) is 0 Å². The van der Waals surface area contributed by atoms with Crippen LogP contribution in [0.15, 0.2) is 54.3 Å². The molecule has 17 heavy (non-hydrogen) atoms. The van der Waals surface area contributed by atoms with Crippen LogP contribution in [0.4, 0.5) is 4.79 Å². The highest BCUT2D eigenvalue weighted by molar-refractivity contribution is 5.68. The molecule has 2 rings (SSSR count). The lowest BCUT2D eigenvalue weighted by Gasteiger charge is -2.16. The second-order valence-corrected chi connectivity index (χ2v) is 3.57. The zero-order valence-corrected chi connectivity index (χ0v) is 9.08. The van der Waals surface area contributed by atoms with Gasteiger partial charge in [0.05, 0.1) is 11.7 Å². The molecule has 0 aromatic carbocycles. The van der Waals surface area contributed by atoms with Crippen LogP contribution in [0.1, 0.15) is 5.69 Å². The zero-order valence-electron chi connectivity index (χ0n) is 9.08. The van der Waals surface area contributed by atoms with Gasteiger partial charge >= 0.3 is 6.09 Å². The molecule has 0 saturated heterocycles. The predicted octanol–water partition coefficient (Wildman–Crippen LogP) is 2.23. The van der Waals surface area contributed by atoms with E-state index in [1.54, 1.807) is 12.3 Å². The first-order valence-electron chi connectivity index (χ1n) is 5.22. The van der Waals surface area contributed by atoms with E-state index in [2.05, 4.69) is 10.3 Å². The number of nitrogens with one attached hydrogen (secondary N) is 1. The number of allylic oxidation sites excluding steroid dienone is 2. The normalized spacial score (nSPS) is 20.5. The number of hydrogen-bond donors (Lipinski definition) is 2. The Morgan fingerprint density at radius 3 is 3.00 bits per heavy atom. The first-order valence-corrected chi connectivity index (χ1v) is 5.22. The molecule has 1 heterocycles. The number of carbonyl (C=O) groups is 1. The molecule has 4 nitrogen and oxygen atoms in total. The van der Waals surface area contributed by atoms with E-state index in [-0.39, 0.29) is 6.04 Å². The minimum atomic E-state index is -1.04. The van der Waals surface area contributed by atoms with Crippen LogP contribution in [0.25, 0.3) is 6.08 Å². The van der Waals surface area contributed by atoms with Crippen molar-refractivity contribution in [2.45, 2.75) is 6.04 Å². The Kier molecular flexibility index (Phi) is 3.35. The largest absolute Gasteiger partial charge is 0.465 e. The van der Waals surface area contributed by atoms with E-state index in [0.29, 0.717) is 0 Å². The topological polar surface area (TPSA) is 62.2 Å². The molecule has 0 radical (unpaired) electrons. The Labute approximate surface area is 99.0 Å². The monoisotopic (exact) mass is 228 g/mol. The Morgan fingerprint density at radius 1 is 1.41 bits per heavy atom. The highest BCUT2D eigenvalue weighted by atomic mass is 16.4. The van der Waals surface area contributed by atoms with E-state index in [0.717, 1.165) is 11.3 Å². The van der Waals surface area contributed by atoms with Crippen LogP contribution in [0, 0.1) is 0 Å². The smallest absolute Gasteiger partial charge is 0.405 e. The summed E-state index contributed by atoms with van der Waals surface area (Å²) in [5, 5.41) is 11.2. The molecule has 0 aliphatic heterocycles. The number of nitrogens with zero attached hydrogens (tertiary/aromatic N) is 1. The van der Waals surface area contributed by atoms with Crippen LogP contribution < -0.4 is 5.32 Å². The van der Waals surface area contributed by atoms with E-state index in [4.69, 9.17) is 5.11 Å². The number of rotatable bonds is 2. The minimum absolute atomic E-state index is 0.320. The number of carboxylic acid groups (broad SMARTS) is 1. The first-order chi connectivity index (χ1) is 8.25. The lowest BCUT2D eigenvalue weighted by Crippen LogP contribution is -2.33. The van der Waals surface area contributed by atoms with Gasteiger partial charge in [-0.2, -0.15) is 0 Å². The molecular weight excluding hydrogens is 216 g/mol. The molecule has 86 valence electrons. The van der Waals surface area contributed by atoms with Crippen LogP contribution in [0.5, 0.6) is 0 Å². The molecular formula is C13H12N2O2. The lowest BCUT2D eigenvalue weighted by molar-refractivity contribution is 0.193. The molecule has 1 aliphatic rings. The standard InChI is InChI=1S/C13H12N2O2/c16-13(17)15-12-7-2-1-5-10(12)9-11-6-3-4-8-14-11/h1-9,12,15H,(H,16,17). The number of hydrogen-bond acceptors (Lipinski definition) is 2. The van der Waals surface area contributed by atoms with E-state index < -0.39 is 6.09 Å². The molecule has 1 aromatic heterocycles. The van der Waals surface area contributed by atoms with Gasteiger partial charge in [0.25, 0.3) is 0 Å². The fourth-order valence-electron chi connectivity index (χ4n) is 1.59. The Morgan fingerprint density at radius 2 is 2.29 bits per heavy atom. The van der Waals surface area contributed by atoms with Gasteiger partial charge in [-0.05, 0) is 23.8 Å². The number of pyridine rings is 1. The maximum atomic E-state index is 10.7. The molecule has 0 spiro atoms. The third kappa shape index (κ3) is 3.04. The van der Waals surface area contributed by atoms with Crippen molar-refractivity contribution in [1.29, 1.82) is 0 Å². The first kappa shape index (κ1) is 11.1. The SMILES string of the molecule is O=C(O)NC1C=CC=CC1=Cc1ccccn1. The number of amides is 1. The van der Waals surface area contributed by atoms with E-state index in [1.165, 1.54) is 0 Å². The lowest BCUT2D eigenvalue weighted by atomic mass is 10.0. The molecule has 1 aromatic rings. The van der Waals surface area contributed by atoms with E-state index in [9.17, 15) is 4.79 Å². The molecule has 0 saturated carbocycles. The van der Waals surface area contributed by atoms with E-state index in [1.807, 2.05) is 42.5 Å². The van der Waals surface area contributed by atoms with Gasteiger partial charge in [-0.25, -0.2) is 4.79 Å². The van der Waals surface area contributed by atoms with Gasteiger partial charge in [-0.1, -0.05) is 30.4 Å². The quantitative estimate of drug-likeness (QED) is 0.815. The molecule has 0 fully saturated rings. The predicted molar refractivity (Wildman–Crippen MR) is 65.4 cm³/mol. The van der Waals surface area contributed by atoms with Gasteiger partial charge in [-0.15, -0.1) is 0 Å². The van der Waals surface area contributed by atoms with Crippen molar-refractivity contribution >= 4 is 12.2 Å². The van der Waals surface area contributed by atoms with Crippen molar-refractivity contribution in [3.63, 3.8) is 0 Å². The van der Waals surface area contributed by atoms with Gasteiger partial charge in [0.15, 0.2) is 0 Å². The summed E-state index contributed by atoms with van der Waals surface area (Å²) in [5.41, 5.74) is 1.67. The summed E-state index contributed by atoms with van der Waals surface area (Å²) in [6.45, 7) is 0. The van der Waals surface area contributed by atoms with Crippen molar-refractivity contribution < 1.29 is 9.90 Å². The zero-order chi connectivity index (χ0) is 12.1. The van der Waals surface area contributed by atoms with Crippen LogP contribution in [0.3, 0.4) is 0 Å². The molecule has 4 heteroatoms. The third-order valence-corrected chi connectivity index (χ3v) is 2.34. The second kappa shape index (κ2) is 5.12. The fraction of sp³-hybridized carbons (Fsp3) is 0.0769. The fourth-order valence-corrected chi connectivity index (χ4v) is 1.59. The van der Waals surface area contributed by atoms with Crippen LogP contribution >= 0.6 is 0 Å². The molecule has 1 aliphatic carbocycles. The molecule has 1 unspecified atom stereocenters. The van der Waals surface area contributed by atoms with Gasteiger partial charge in [0, 0.05) is 6.20 Å². The number of aromatic nitrogens is 1. The molecule has 2 N–H and O–H groups in total. The molecule has 1 amide bonds. The van der Waals surface area contributed by atoms with Crippen LogP contribution in [-0.4, -0.2) is 22.2 Å². The third-order valence-electron chi connectivity index (χ3n) is 2.34. The Hall–Kier alpha value is -2.36. The summed E-state index contributed by atoms with van der Waals surface area (Å²) in [7, 11) is 0. The van der Waals surface area contributed by atoms with Crippen molar-refractivity contribution in [2.75, 3.05) is 0 Å². The van der Waals surface area contributed by atoms with Gasteiger partial charge in [0.2, 0.25) is 0 Å². The summed E-state index contributed by atoms with van der Waals surface area (Å²) in [6.07, 6.45) is 9.88. The maximum Gasteiger partial charge on any atom is 0.405 e. The van der Waals surface area contributed by atoms with Gasteiger partial charge < -0.3 is 10.4 Å². The summed E-state index contributed by atoms with van der Waals surface area (Å²) >= 11 is 0. The summed E-state index contributed by atoms with van der Waals surface area (Å²) in [5.74, 6) is 0. The summed E-state index contributed by atoms with van der Waals surface area (Å²) in [6, 6.07) is 5.28. The molecule has 1 atom stereocenters. The maximum absolute atomic E-state index is 10.7. The van der Waals surface area contributed by atoms with Crippen LogP contribution in [0.2, 0.25) is 0 Å². The van der Waals surface area contributed by atoms with E-state index >= 15 is 0 Å². The highest BCUT2D eigenvalue weighted by Crippen LogP contribution is 2.14. The minimum Gasteiger partial charge on any atom is -0.465 e. The highest BCUT2D eigenvalue weighted by Gasteiger charge is 2.13. The van der Waals surface area contributed by atoms with Gasteiger partial charge in [0.1, 0.15) is 0 Å². The Bertz CT molecular complexity index is 489. The van der Waals surface area contributed by atoms with Gasteiger partial charge in [-0.3, -0.25) is 4.98 Å².